The van der Waals surface area contributed by atoms with Gasteiger partial charge in [0.15, 0.2) is 5.82 Å². The van der Waals surface area contributed by atoms with Gasteiger partial charge in [0.1, 0.15) is 11.8 Å². The third-order valence-corrected chi connectivity index (χ3v) is 4.81. The second-order valence-corrected chi connectivity index (χ2v) is 6.54. The highest BCUT2D eigenvalue weighted by molar-refractivity contribution is 5.85. The Balaban J connectivity index is 1.57. The van der Waals surface area contributed by atoms with Crippen LogP contribution in [0.2, 0.25) is 0 Å². The molecule has 1 aromatic carbocycles. The Morgan fingerprint density at radius 2 is 1.88 bits per heavy atom. The Morgan fingerprint density at radius 3 is 2.71 bits per heavy atom. The Morgan fingerprint density at radius 1 is 1.08 bits per heavy atom. The molecule has 0 bridgehead atoms. The molecular formula is C19H23N5. The molecule has 1 fully saturated rings. The minimum Gasteiger partial charge on any atom is -0.357 e. The second kappa shape index (κ2) is 6.61. The van der Waals surface area contributed by atoms with Gasteiger partial charge >= 0.3 is 0 Å². The van der Waals surface area contributed by atoms with Crippen LogP contribution < -0.4 is 4.90 Å². The molecule has 5 heteroatoms. The maximum atomic E-state index is 4.48. The van der Waals surface area contributed by atoms with E-state index in [4.69, 9.17) is 0 Å². The Labute approximate surface area is 142 Å². The van der Waals surface area contributed by atoms with Gasteiger partial charge in [-0.25, -0.2) is 9.97 Å². The number of benzene rings is 1. The van der Waals surface area contributed by atoms with Crippen LogP contribution in [-0.4, -0.2) is 40.0 Å². The number of H-pyrrole nitrogens is 1. The second-order valence-electron chi connectivity index (χ2n) is 6.54. The molecule has 0 unspecified atom stereocenters. The van der Waals surface area contributed by atoms with Crippen LogP contribution in [-0.2, 0) is 13.1 Å². The summed E-state index contributed by atoms with van der Waals surface area (Å²) in [6.07, 6.45) is 6.21. The molecule has 1 N–H and O–H groups in total. The van der Waals surface area contributed by atoms with Crippen molar-refractivity contribution in [3.63, 3.8) is 0 Å². The van der Waals surface area contributed by atoms with E-state index in [0.717, 1.165) is 29.9 Å². The van der Waals surface area contributed by atoms with Gasteiger partial charge in [-0.15, -0.1) is 0 Å². The number of rotatable bonds is 5. The predicted molar refractivity (Wildman–Crippen MR) is 96.9 cm³/mol. The maximum absolute atomic E-state index is 4.48. The van der Waals surface area contributed by atoms with Gasteiger partial charge < -0.3 is 9.88 Å². The molecule has 2 aromatic heterocycles. The summed E-state index contributed by atoms with van der Waals surface area (Å²) in [6.45, 7) is 4.33. The number of anilines is 1. The lowest BCUT2D eigenvalue weighted by atomic mass is 10.1. The first-order chi connectivity index (χ1) is 11.8. The third kappa shape index (κ3) is 2.99. The topological polar surface area (TPSA) is 48.1 Å². The van der Waals surface area contributed by atoms with E-state index in [9.17, 15) is 0 Å². The predicted octanol–water partition coefficient (Wildman–Crippen LogP) is 3.19. The molecule has 4 rings (SSSR count). The molecular weight excluding hydrogens is 298 g/mol. The fourth-order valence-electron chi connectivity index (χ4n) is 3.53. The van der Waals surface area contributed by atoms with Crippen LogP contribution in [0.15, 0.2) is 42.9 Å². The Kier molecular flexibility index (Phi) is 4.17. The van der Waals surface area contributed by atoms with Crippen molar-refractivity contribution in [1.82, 2.24) is 19.9 Å². The van der Waals surface area contributed by atoms with Crippen molar-refractivity contribution in [3.05, 3.63) is 54.0 Å². The average molecular weight is 321 g/mol. The number of hydrogen-bond acceptors (Lipinski definition) is 4. The first-order valence-electron chi connectivity index (χ1n) is 8.59. The van der Waals surface area contributed by atoms with Crippen LogP contribution in [0.1, 0.15) is 24.0 Å². The van der Waals surface area contributed by atoms with Crippen molar-refractivity contribution in [2.45, 2.75) is 25.9 Å². The number of likely N-dealkylation sites (tertiary alicyclic amines) is 1. The molecule has 0 saturated carbocycles. The first-order valence-corrected chi connectivity index (χ1v) is 8.59. The van der Waals surface area contributed by atoms with E-state index < -0.39 is 0 Å². The highest BCUT2D eigenvalue weighted by atomic mass is 15.2. The van der Waals surface area contributed by atoms with Gasteiger partial charge in [-0.2, -0.15) is 0 Å². The zero-order valence-electron chi connectivity index (χ0n) is 14.1. The van der Waals surface area contributed by atoms with E-state index in [2.05, 4.69) is 56.1 Å². The van der Waals surface area contributed by atoms with Crippen LogP contribution in [0.5, 0.6) is 0 Å². The lowest BCUT2D eigenvalue weighted by Gasteiger charge is -2.22. The summed E-state index contributed by atoms with van der Waals surface area (Å²) in [5.74, 6) is 0.945. The highest BCUT2D eigenvalue weighted by Crippen LogP contribution is 2.23. The molecule has 124 valence electrons. The molecule has 1 aliphatic heterocycles. The van der Waals surface area contributed by atoms with Crippen LogP contribution in [0.4, 0.5) is 5.82 Å². The number of fused-ring (bicyclic) bond motifs is 1. The van der Waals surface area contributed by atoms with Gasteiger partial charge in [-0.05, 0) is 43.1 Å². The fourth-order valence-corrected chi connectivity index (χ4v) is 3.53. The highest BCUT2D eigenvalue weighted by Gasteiger charge is 2.15. The molecule has 3 heterocycles. The van der Waals surface area contributed by atoms with E-state index in [1.807, 2.05) is 12.3 Å². The lowest BCUT2D eigenvalue weighted by molar-refractivity contribution is 0.330. The number of aromatic amines is 1. The zero-order chi connectivity index (χ0) is 16.4. The summed E-state index contributed by atoms with van der Waals surface area (Å²) < 4.78 is 0. The quantitative estimate of drug-likeness (QED) is 0.784. The number of nitrogens with zero attached hydrogens (tertiary/aromatic N) is 4. The Bertz CT molecular complexity index is 819. The molecule has 0 amide bonds. The molecule has 0 spiro atoms. The molecule has 5 nitrogen and oxygen atoms in total. The van der Waals surface area contributed by atoms with Crippen LogP contribution >= 0.6 is 0 Å². The lowest BCUT2D eigenvalue weighted by Crippen LogP contribution is -2.22. The fraction of sp³-hybridized carbons (Fsp3) is 0.368. The SMILES string of the molecule is CN(Cc1ccccc1CN1CCCC1)c1ncnc2cc[nH]c12. The van der Waals surface area contributed by atoms with Crippen molar-refractivity contribution < 1.29 is 0 Å². The first kappa shape index (κ1) is 15.1. The number of hydrogen-bond donors (Lipinski definition) is 1. The Hall–Kier alpha value is -2.40. The minimum absolute atomic E-state index is 0.842. The molecule has 0 radical (unpaired) electrons. The molecule has 3 aromatic rings. The average Bonchev–Trinajstić information content (AvgIpc) is 3.27. The molecule has 1 aliphatic rings. The van der Waals surface area contributed by atoms with Gasteiger partial charge in [-0.3, -0.25) is 4.90 Å². The van der Waals surface area contributed by atoms with Gasteiger partial charge in [0.25, 0.3) is 0 Å². The summed E-state index contributed by atoms with van der Waals surface area (Å²) >= 11 is 0. The van der Waals surface area contributed by atoms with Crippen LogP contribution in [0.3, 0.4) is 0 Å². The normalized spacial score (nSPS) is 15.2. The monoisotopic (exact) mass is 321 g/mol. The summed E-state index contributed by atoms with van der Waals surface area (Å²) in [4.78, 5) is 16.8. The molecule has 0 aliphatic carbocycles. The van der Waals surface area contributed by atoms with Crippen molar-refractivity contribution in [2.75, 3.05) is 25.0 Å². The van der Waals surface area contributed by atoms with Gasteiger partial charge in [0.05, 0.1) is 5.52 Å². The van der Waals surface area contributed by atoms with E-state index in [-0.39, 0.29) is 0 Å². The van der Waals surface area contributed by atoms with E-state index in [1.165, 1.54) is 37.1 Å². The van der Waals surface area contributed by atoms with Crippen LogP contribution in [0, 0.1) is 0 Å². The van der Waals surface area contributed by atoms with Gasteiger partial charge in [0.2, 0.25) is 0 Å². The summed E-state index contributed by atoms with van der Waals surface area (Å²) in [7, 11) is 2.09. The van der Waals surface area contributed by atoms with Crippen molar-refractivity contribution in [2.24, 2.45) is 0 Å². The van der Waals surface area contributed by atoms with Crippen molar-refractivity contribution in [3.8, 4) is 0 Å². The smallest absolute Gasteiger partial charge is 0.156 e. The standard InChI is InChI=1S/C19H23N5/c1-23(19-18-17(8-9-20-18)21-14-22-19)12-15-6-2-3-7-16(15)13-24-10-4-5-11-24/h2-3,6-9,14,20H,4-5,10-13H2,1H3. The third-order valence-electron chi connectivity index (χ3n) is 4.81. The van der Waals surface area contributed by atoms with Crippen LogP contribution in [0.25, 0.3) is 11.0 Å². The van der Waals surface area contributed by atoms with E-state index in [1.54, 1.807) is 6.33 Å². The molecule has 1 saturated heterocycles. The minimum atomic E-state index is 0.842. The summed E-state index contributed by atoms with van der Waals surface area (Å²) in [6, 6.07) is 10.7. The van der Waals surface area contributed by atoms with Crippen molar-refractivity contribution >= 4 is 16.9 Å². The van der Waals surface area contributed by atoms with E-state index >= 15 is 0 Å². The summed E-state index contributed by atoms with van der Waals surface area (Å²) in [5, 5.41) is 0. The van der Waals surface area contributed by atoms with Gasteiger partial charge in [-0.1, -0.05) is 24.3 Å². The number of aromatic nitrogens is 3. The maximum Gasteiger partial charge on any atom is 0.156 e. The zero-order valence-corrected chi connectivity index (χ0v) is 14.1. The largest absolute Gasteiger partial charge is 0.357 e. The molecule has 0 atom stereocenters. The van der Waals surface area contributed by atoms with Gasteiger partial charge in [0, 0.05) is 26.3 Å². The summed E-state index contributed by atoms with van der Waals surface area (Å²) in [5.41, 5.74) is 4.74. The molecule has 24 heavy (non-hydrogen) atoms. The van der Waals surface area contributed by atoms with Crippen molar-refractivity contribution in [1.29, 1.82) is 0 Å². The van der Waals surface area contributed by atoms with E-state index in [0.29, 0.717) is 0 Å². The number of nitrogens with one attached hydrogen (secondary N) is 1.